The Balaban J connectivity index is 1.43. The van der Waals surface area contributed by atoms with Crippen LogP contribution in [0.1, 0.15) is 25.7 Å². The summed E-state index contributed by atoms with van der Waals surface area (Å²) in [5.74, 6) is 0.955. The predicted octanol–water partition coefficient (Wildman–Crippen LogP) is 4.00. The number of benzene rings is 1. The highest BCUT2D eigenvalue weighted by molar-refractivity contribution is 5.63. The molecule has 0 aliphatic carbocycles. The Kier molecular flexibility index (Phi) is 5.43. The molecule has 2 aromatic rings. The van der Waals surface area contributed by atoms with Crippen LogP contribution in [-0.2, 0) is 0 Å². The standard InChI is InChI=1S/C19H24N2O/c1-2-13-21(14-3-1)15-4-16-22-19-7-5-17(6-8-19)18-9-11-20-12-10-18/h5-12H,1-4,13-16H2. The maximum Gasteiger partial charge on any atom is 0.119 e. The van der Waals surface area contributed by atoms with Crippen LogP contribution in [0.15, 0.2) is 48.8 Å². The molecule has 116 valence electrons. The molecule has 1 aliphatic rings. The molecule has 3 heteroatoms. The van der Waals surface area contributed by atoms with E-state index in [0.29, 0.717) is 0 Å². The Hall–Kier alpha value is -1.87. The number of rotatable bonds is 6. The number of pyridine rings is 1. The second-order valence-electron chi connectivity index (χ2n) is 5.86. The zero-order chi connectivity index (χ0) is 15.0. The molecule has 1 aromatic carbocycles. The van der Waals surface area contributed by atoms with Crippen LogP contribution in [0, 0.1) is 0 Å². The summed E-state index contributed by atoms with van der Waals surface area (Å²) in [6.45, 7) is 4.49. The van der Waals surface area contributed by atoms with Crippen molar-refractivity contribution in [2.45, 2.75) is 25.7 Å². The molecule has 1 aliphatic heterocycles. The lowest BCUT2D eigenvalue weighted by Gasteiger charge is -2.26. The third-order valence-electron chi connectivity index (χ3n) is 4.20. The topological polar surface area (TPSA) is 25.4 Å². The Morgan fingerprint density at radius 2 is 1.55 bits per heavy atom. The zero-order valence-corrected chi connectivity index (χ0v) is 13.1. The normalized spacial score (nSPS) is 15.6. The van der Waals surface area contributed by atoms with Crippen molar-refractivity contribution in [1.29, 1.82) is 0 Å². The molecule has 1 saturated heterocycles. The van der Waals surface area contributed by atoms with E-state index in [2.05, 4.69) is 34.1 Å². The predicted molar refractivity (Wildman–Crippen MR) is 90.1 cm³/mol. The molecule has 3 rings (SSSR count). The minimum atomic E-state index is 0.797. The van der Waals surface area contributed by atoms with Gasteiger partial charge >= 0.3 is 0 Å². The first kappa shape index (κ1) is 15.0. The quantitative estimate of drug-likeness (QED) is 0.753. The highest BCUT2D eigenvalue weighted by Gasteiger charge is 2.09. The Morgan fingerprint density at radius 1 is 0.864 bits per heavy atom. The molecule has 0 atom stereocenters. The summed E-state index contributed by atoms with van der Waals surface area (Å²) in [6, 6.07) is 12.4. The number of piperidine rings is 1. The van der Waals surface area contributed by atoms with Gasteiger partial charge in [0.2, 0.25) is 0 Å². The number of likely N-dealkylation sites (tertiary alicyclic amines) is 1. The van der Waals surface area contributed by atoms with E-state index in [0.717, 1.165) is 25.3 Å². The second kappa shape index (κ2) is 7.95. The van der Waals surface area contributed by atoms with E-state index >= 15 is 0 Å². The van der Waals surface area contributed by atoms with E-state index in [1.54, 1.807) is 0 Å². The molecule has 0 spiro atoms. The molecule has 0 unspecified atom stereocenters. The fraction of sp³-hybridized carbons (Fsp3) is 0.421. The van der Waals surface area contributed by atoms with Crippen molar-refractivity contribution < 1.29 is 4.74 Å². The SMILES string of the molecule is c1cc(-c2ccc(OCCCN3CCCCC3)cc2)ccn1. The van der Waals surface area contributed by atoms with Gasteiger partial charge in [-0.1, -0.05) is 18.6 Å². The monoisotopic (exact) mass is 296 g/mol. The van der Waals surface area contributed by atoms with Crippen LogP contribution in [0.25, 0.3) is 11.1 Å². The first-order chi connectivity index (χ1) is 10.9. The van der Waals surface area contributed by atoms with Gasteiger partial charge in [-0.15, -0.1) is 0 Å². The van der Waals surface area contributed by atoms with Gasteiger partial charge in [0.1, 0.15) is 5.75 Å². The van der Waals surface area contributed by atoms with Gasteiger partial charge in [-0.2, -0.15) is 0 Å². The smallest absolute Gasteiger partial charge is 0.119 e. The van der Waals surface area contributed by atoms with Crippen molar-refractivity contribution in [3.63, 3.8) is 0 Å². The molecular weight excluding hydrogens is 272 g/mol. The van der Waals surface area contributed by atoms with Crippen molar-refractivity contribution in [2.75, 3.05) is 26.2 Å². The van der Waals surface area contributed by atoms with Gasteiger partial charge < -0.3 is 9.64 Å². The number of ether oxygens (including phenoxy) is 1. The van der Waals surface area contributed by atoms with Gasteiger partial charge in [0.15, 0.2) is 0 Å². The van der Waals surface area contributed by atoms with Crippen LogP contribution in [0.4, 0.5) is 0 Å². The Labute approximate surface area is 132 Å². The fourth-order valence-corrected chi connectivity index (χ4v) is 2.95. The number of nitrogens with zero attached hydrogens (tertiary/aromatic N) is 2. The number of hydrogen-bond acceptors (Lipinski definition) is 3. The number of hydrogen-bond donors (Lipinski definition) is 0. The maximum atomic E-state index is 5.85. The van der Waals surface area contributed by atoms with Gasteiger partial charge in [0, 0.05) is 18.9 Å². The van der Waals surface area contributed by atoms with Gasteiger partial charge in [-0.05, 0) is 67.7 Å². The second-order valence-corrected chi connectivity index (χ2v) is 5.86. The van der Waals surface area contributed by atoms with Crippen molar-refractivity contribution in [3.05, 3.63) is 48.8 Å². The van der Waals surface area contributed by atoms with Crippen molar-refractivity contribution >= 4 is 0 Å². The molecule has 22 heavy (non-hydrogen) atoms. The first-order valence-corrected chi connectivity index (χ1v) is 8.27. The lowest BCUT2D eigenvalue weighted by atomic mass is 10.1. The molecule has 2 heterocycles. The maximum absolute atomic E-state index is 5.85. The van der Waals surface area contributed by atoms with Crippen LogP contribution in [0.2, 0.25) is 0 Å². The summed E-state index contributed by atoms with van der Waals surface area (Å²) in [7, 11) is 0. The van der Waals surface area contributed by atoms with Crippen molar-refractivity contribution in [3.8, 4) is 16.9 Å². The van der Waals surface area contributed by atoms with Gasteiger partial charge in [-0.25, -0.2) is 0 Å². The van der Waals surface area contributed by atoms with Crippen molar-refractivity contribution in [2.24, 2.45) is 0 Å². The van der Waals surface area contributed by atoms with Crippen LogP contribution >= 0.6 is 0 Å². The first-order valence-electron chi connectivity index (χ1n) is 8.27. The average molecular weight is 296 g/mol. The zero-order valence-electron chi connectivity index (χ0n) is 13.1. The van der Waals surface area contributed by atoms with E-state index in [1.807, 2.05) is 24.5 Å². The van der Waals surface area contributed by atoms with E-state index in [4.69, 9.17) is 4.74 Å². The summed E-state index contributed by atoms with van der Waals surface area (Å²) in [6.07, 6.45) is 8.86. The van der Waals surface area contributed by atoms with Gasteiger partial charge in [-0.3, -0.25) is 4.98 Å². The summed E-state index contributed by atoms with van der Waals surface area (Å²) >= 11 is 0. The van der Waals surface area contributed by atoms with Crippen LogP contribution in [0.3, 0.4) is 0 Å². The molecular formula is C19H24N2O. The van der Waals surface area contributed by atoms with E-state index < -0.39 is 0 Å². The van der Waals surface area contributed by atoms with E-state index in [1.165, 1.54) is 43.5 Å². The minimum Gasteiger partial charge on any atom is -0.494 e. The molecule has 0 amide bonds. The van der Waals surface area contributed by atoms with Crippen LogP contribution in [-0.4, -0.2) is 36.1 Å². The molecule has 0 N–H and O–H groups in total. The van der Waals surface area contributed by atoms with Gasteiger partial charge in [0.05, 0.1) is 6.61 Å². The lowest BCUT2D eigenvalue weighted by Crippen LogP contribution is -2.31. The minimum absolute atomic E-state index is 0.797. The molecule has 1 aromatic heterocycles. The molecule has 0 radical (unpaired) electrons. The third-order valence-corrected chi connectivity index (χ3v) is 4.20. The highest BCUT2D eigenvalue weighted by Crippen LogP contribution is 2.21. The third kappa shape index (κ3) is 4.31. The summed E-state index contributed by atoms with van der Waals surface area (Å²) in [5.41, 5.74) is 2.38. The average Bonchev–Trinajstić information content (AvgIpc) is 2.61. The van der Waals surface area contributed by atoms with Gasteiger partial charge in [0.25, 0.3) is 0 Å². The Bertz CT molecular complexity index is 547. The molecule has 1 fully saturated rings. The van der Waals surface area contributed by atoms with Crippen LogP contribution in [0.5, 0.6) is 5.75 Å². The van der Waals surface area contributed by atoms with Crippen LogP contribution < -0.4 is 4.74 Å². The largest absolute Gasteiger partial charge is 0.494 e. The molecule has 0 bridgehead atoms. The number of aromatic nitrogens is 1. The summed E-state index contributed by atoms with van der Waals surface area (Å²) in [4.78, 5) is 6.60. The fourth-order valence-electron chi connectivity index (χ4n) is 2.95. The molecule has 0 saturated carbocycles. The summed E-state index contributed by atoms with van der Waals surface area (Å²) < 4.78 is 5.85. The van der Waals surface area contributed by atoms with Crippen molar-refractivity contribution in [1.82, 2.24) is 9.88 Å². The summed E-state index contributed by atoms with van der Waals surface area (Å²) in [5, 5.41) is 0. The van der Waals surface area contributed by atoms with E-state index in [9.17, 15) is 0 Å². The lowest BCUT2D eigenvalue weighted by molar-refractivity contribution is 0.205. The van der Waals surface area contributed by atoms with E-state index in [-0.39, 0.29) is 0 Å². The Morgan fingerprint density at radius 3 is 2.27 bits per heavy atom. The molecule has 3 nitrogen and oxygen atoms in total. The highest BCUT2D eigenvalue weighted by atomic mass is 16.5.